The molecule has 1 amide bonds. The molecule has 7 nitrogen and oxygen atoms in total. The fraction of sp³-hybridized carbons (Fsp3) is 0.471. The molecule has 1 aliphatic rings. The van der Waals surface area contributed by atoms with E-state index in [4.69, 9.17) is 14.2 Å². The van der Waals surface area contributed by atoms with Crippen molar-refractivity contribution in [2.45, 2.75) is 31.8 Å². The van der Waals surface area contributed by atoms with Crippen molar-refractivity contribution in [1.29, 1.82) is 0 Å². The fourth-order valence-electron chi connectivity index (χ4n) is 2.46. The summed E-state index contributed by atoms with van der Waals surface area (Å²) in [4.78, 5) is 12.0. The molecule has 8 heteroatoms. The average Bonchev–Trinajstić information content (AvgIpc) is 3.31. The summed E-state index contributed by atoms with van der Waals surface area (Å²) in [5.41, 5.74) is 0. The Kier molecular flexibility index (Phi) is 6.19. The number of methoxy groups -OCH3 is 1. The van der Waals surface area contributed by atoms with Gasteiger partial charge in [-0.05, 0) is 43.5 Å². The second kappa shape index (κ2) is 8.77. The zero-order valence-electron chi connectivity index (χ0n) is 14.1. The van der Waals surface area contributed by atoms with Crippen LogP contribution in [0.15, 0.2) is 24.3 Å². The quantitative estimate of drug-likeness (QED) is 0.725. The van der Waals surface area contributed by atoms with Crippen molar-refractivity contribution in [1.82, 2.24) is 10.2 Å². The zero-order valence-corrected chi connectivity index (χ0v) is 14.9. The van der Waals surface area contributed by atoms with E-state index in [2.05, 4.69) is 15.5 Å². The van der Waals surface area contributed by atoms with Crippen molar-refractivity contribution < 1.29 is 19.0 Å². The van der Waals surface area contributed by atoms with Crippen molar-refractivity contribution in [2.24, 2.45) is 0 Å². The Hall–Kier alpha value is -2.19. The molecule has 0 aliphatic carbocycles. The molecule has 1 N–H and O–H groups in total. The SMILES string of the molecule is COc1ccc(OCCCC(=O)Nc2nnc([C@@H]3CCCO3)s2)cc1. The van der Waals surface area contributed by atoms with Gasteiger partial charge in [-0.3, -0.25) is 4.79 Å². The molecular weight excluding hydrogens is 342 g/mol. The van der Waals surface area contributed by atoms with Gasteiger partial charge in [-0.2, -0.15) is 0 Å². The zero-order chi connectivity index (χ0) is 17.5. The molecular formula is C17H21N3O4S. The van der Waals surface area contributed by atoms with Crippen LogP contribution in [0.25, 0.3) is 0 Å². The standard InChI is InChI=1S/C17H21N3O4S/c1-22-12-6-8-13(9-7-12)23-10-3-5-15(21)18-17-20-19-16(25-17)14-4-2-11-24-14/h6-9,14H,2-5,10-11H2,1H3,(H,18,20,21)/t14-/m0/s1. The molecule has 3 rings (SSSR count). The topological polar surface area (TPSA) is 82.6 Å². The summed E-state index contributed by atoms with van der Waals surface area (Å²) in [6.45, 7) is 1.23. The van der Waals surface area contributed by atoms with E-state index in [1.54, 1.807) is 7.11 Å². The van der Waals surface area contributed by atoms with Crippen LogP contribution in [0.1, 0.15) is 36.8 Å². The molecule has 0 radical (unpaired) electrons. The molecule has 0 saturated carbocycles. The van der Waals surface area contributed by atoms with E-state index in [1.165, 1.54) is 11.3 Å². The highest BCUT2D eigenvalue weighted by Gasteiger charge is 2.22. The van der Waals surface area contributed by atoms with Gasteiger partial charge in [0.15, 0.2) is 0 Å². The fourth-order valence-corrected chi connectivity index (χ4v) is 3.31. The van der Waals surface area contributed by atoms with Crippen LogP contribution in [0.3, 0.4) is 0 Å². The molecule has 0 unspecified atom stereocenters. The number of rotatable bonds is 8. The smallest absolute Gasteiger partial charge is 0.226 e. The lowest BCUT2D eigenvalue weighted by Crippen LogP contribution is -2.12. The number of aromatic nitrogens is 2. The first kappa shape index (κ1) is 17.6. The second-order valence-electron chi connectivity index (χ2n) is 5.62. The van der Waals surface area contributed by atoms with Gasteiger partial charge < -0.3 is 19.5 Å². The maximum atomic E-state index is 12.0. The van der Waals surface area contributed by atoms with Gasteiger partial charge in [0.2, 0.25) is 11.0 Å². The van der Waals surface area contributed by atoms with Gasteiger partial charge in [0, 0.05) is 13.0 Å². The number of benzene rings is 1. The third-order valence-corrected chi connectivity index (χ3v) is 4.70. The summed E-state index contributed by atoms with van der Waals surface area (Å²) in [6.07, 6.45) is 3.02. The molecule has 1 aromatic heterocycles. The van der Waals surface area contributed by atoms with Crippen LogP contribution in [-0.2, 0) is 9.53 Å². The summed E-state index contributed by atoms with van der Waals surface area (Å²) in [5.74, 6) is 1.45. The molecule has 25 heavy (non-hydrogen) atoms. The van der Waals surface area contributed by atoms with Gasteiger partial charge in [0.25, 0.3) is 0 Å². The Morgan fingerprint density at radius 2 is 2.12 bits per heavy atom. The number of nitrogens with one attached hydrogen (secondary N) is 1. The molecule has 1 aliphatic heterocycles. The van der Waals surface area contributed by atoms with Gasteiger partial charge in [-0.1, -0.05) is 11.3 Å². The molecule has 1 saturated heterocycles. The van der Waals surface area contributed by atoms with E-state index in [0.29, 0.717) is 24.6 Å². The predicted molar refractivity (Wildman–Crippen MR) is 94.2 cm³/mol. The number of carbonyl (C=O) groups excluding carboxylic acids is 1. The summed E-state index contributed by atoms with van der Waals surface area (Å²) in [7, 11) is 1.62. The number of carbonyl (C=O) groups is 1. The van der Waals surface area contributed by atoms with Gasteiger partial charge in [-0.15, -0.1) is 10.2 Å². The molecule has 134 valence electrons. The first-order valence-corrected chi connectivity index (χ1v) is 9.08. The van der Waals surface area contributed by atoms with E-state index in [9.17, 15) is 4.79 Å². The minimum Gasteiger partial charge on any atom is -0.497 e. The number of nitrogens with zero attached hydrogens (tertiary/aromatic N) is 2. The van der Waals surface area contributed by atoms with Gasteiger partial charge in [-0.25, -0.2) is 0 Å². The monoisotopic (exact) mass is 363 g/mol. The molecule has 1 atom stereocenters. The van der Waals surface area contributed by atoms with Crippen molar-refractivity contribution in [3.8, 4) is 11.5 Å². The van der Waals surface area contributed by atoms with Crippen LogP contribution in [0.4, 0.5) is 5.13 Å². The van der Waals surface area contributed by atoms with Gasteiger partial charge >= 0.3 is 0 Å². The molecule has 0 spiro atoms. The highest BCUT2D eigenvalue weighted by atomic mass is 32.1. The summed E-state index contributed by atoms with van der Waals surface area (Å²) < 4.78 is 16.3. The molecule has 1 aromatic carbocycles. The Balaban J connectivity index is 1.36. The van der Waals surface area contributed by atoms with E-state index in [1.807, 2.05) is 24.3 Å². The first-order valence-electron chi connectivity index (χ1n) is 8.26. The van der Waals surface area contributed by atoms with E-state index >= 15 is 0 Å². The third kappa shape index (κ3) is 5.14. The third-order valence-electron chi connectivity index (χ3n) is 3.77. The molecule has 1 fully saturated rings. The maximum Gasteiger partial charge on any atom is 0.226 e. The van der Waals surface area contributed by atoms with E-state index < -0.39 is 0 Å². The lowest BCUT2D eigenvalue weighted by Gasteiger charge is -2.07. The van der Waals surface area contributed by atoms with Crippen LogP contribution >= 0.6 is 11.3 Å². The summed E-state index contributed by atoms with van der Waals surface area (Å²) >= 11 is 1.38. The minimum absolute atomic E-state index is 0.0287. The van der Waals surface area contributed by atoms with Crippen LogP contribution in [0, 0.1) is 0 Å². The van der Waals surface area contributed by atoms with Crippen LogP contribution in [0.5, 0.6) is 11.5 Å². The van der Waals surface area contributed by atoms with Crippen LogP contribution < -0.4 is 14.8 Å². The predicted octanol–water partition coefficient (Wildman–Crippen LogP) is 3.20. The highest BCUT2D eigenvalue weighted by Crippen LogP contribution is 2.31. The second-order valence-corrected chi connectivity index (χ2v) is 6.63. The largest absolute Gasteiger partial charge is 0.497 e. The lowest BCUT2D eigenvalue weighted by molar-refractivity contribution is -0.116. The number of hydrogen-bond acceptors (Lipinski definition) is 7. The van der Waals surface area contributed by atoms with Gasteiger partial charge in [0.1, 0.15) is 22.6 Å². The number of hydrogen-bond donors (Lipinski definition) is 1. The molecule has 2 aromatic rings. The Morgan fingerprint density at radius 3 is 2.84 bits per heavy atom. The summed E-state index contributed by atoms with van der Waals surface area (Å²) in [6, 6.07) is 7.35. The van der Waals surface area contributed by atoms with E-state index in [-0.39, 0.29) is 12.0 Å². The van der Waals surface area contributed by atoms with E-state index in [0.717, 1.165) is 36.0 Å². The van der Waals surface area contributed by atoms with Crippen molar-refractivity contribution in [2.75, 3.05) is 25.6 Å². The van der Waals surface area contributed by atoms with Crippen molar-refractivity contribution in [3.63, 3.8) is 0 Å². The number of anilines is 1. The van der Waals surface area contributed by atoms with Gasteiger partial charge in [0.05, 0.1) is 13.7 Å². The normalized spacial score (nSPS) is 16.6. The first-order chi connectivity index (χ1) is 12.2. The Morgan fingerprint density at radius 1 is 1.32 bits per heavy atom. The highest BCUT2D eigenvalue weighted by molar-refractivity contribution is 7.15. The van der Waals surface area contributed by atoms with Crippen LogP contribution in [-0.4, -0.2) is 36.4 Å². The Bertz CT molecular complexity index is 683. The molecule has 0 bridgehead atoms. The molecule has 2 heterocycles. The lowest BCUT2D eigenvalue weighted by atomic mass is 10.2. The van der Waals surface area contributed by atoms with Crippen molar-refractivity contribution in [3.05, 3.63) is 29.3 Å². The summed E-state index contributed by atoms with van der Waals surface area (Å²) in [5, 5.41) is 12.2. The van der Waals surface area contributed by atoms with Crippen molar-refractivity contribution >= 4 is 22.4 Å². The minimum atomic E-state index is -0.0895. The number of ether oxygens (including phenoxy) is 3. The number of amides is 1. The maximum absolute atomic E-state index is 12.0. The van der Waals surface area contributed by atoms with Crippen LogP contribution in [0.2, 0.25) is 0 Å². The average molecular weight is 363 g/mol. The Labute approximate surface area is 150 Å².